The quantitative estimate of drug-likeness (QED) is 0.899. The normalized spacial score (nSPS) is 10.6. The largest absolute Gasteiger partial charge is 0.316 e. The van der Waals surface area contributed by atoms with Crippen molar-refractivity contribution < 1.29 is 0 Å². The third-order valence-corrected chi connectivity index (χ3v) is 4.87. The molecule has 1 aromatic carbocycles. The number of thiophene rings is 1. The SMILES string of the molecule is CNCc1ccc(Sc2cccs2)cc1Br. The zero-order chi connectivity index (χ0) is 11.4. The van der Waals surface area contributed by atoms with Crippen molar-refractivity contribution in [2.24, 2.45) is 0 Å². The summed E-state index contributed by atoms with van der Waals surface area (Å²) in [7, 11) is 1.96. The van der Waals surface area contributed by atoms with Gasteiger partial charge < -0.3 is 5.32 Å². The number of hydrogen-bond acceptors (Lipinski definition) is 3. The molecule has 2 rings (SSSR count). The third-order valence-electron chi connectivity index (χ3n) is 2.11. The fourth-order valence-corrected chi connectivity index (χ4v) is 3.82. The highest BCUT2D eigenvalue weighted by atomic mass is 79.9. The summed E-state index contributed by atoms with van der Waals surface area (Å²) in [5.41, 5.74) is 1.29. The number of benzene rings is 1. The first-order valence-electron chi connectivity index (χ1n) is 4.94. The van der Waals surface area contributed by atoms with Crippen molar-refractivity contribution in [2.45, 2.75) is 15.6 Å². The summed E-state index contributed by atoms with van der Waals surface area (Å²) >= 11 is 7.18. The topological polar surface area (TPSA) is 12.0 Å². The predicted molar refractivity (Wildman–Crippen MR) is 75.3 cm³/mol. The van der Waals surface area contributed by atoms with Crippen molar-refractivity contribution in [1.29, 1.82) is 0 Å². The summed E-state index contributed by atoms with van der Waals surface area (Å²) in [6.07, 6.45) is 0. The van der Waals surface area contributed by atoms with Gasteiger partial charge in [-0.3, -0.25) is 0 Å². The van der Waals surface area contributed by atoms with Crippen molar-refractivity contribution in [3.8, 4) is 0 Å². The summed E-state index contributed by atoms with van der Waals surface area (Å²) in [5.74, 6) is 0. The van der Waals surface area contributed by atoms with Gasteiger partial charge in [0.25, 0.3) is 0 Å². The van der Waals surface area contributed by atoms with E-state index in [1.807, 2.05) is 7.05 Å². The fraction of sp³-hybridized carbons (Fsp3) is 0.167. The second-order valence-corrected chi connectivity index (χ2v) is 6.49. The molecule has 0 saturated heterocycles. The second-order valence-electron chi connectivity index (χ2n) is 3.32. The summed E-state index contributed by atoms with van der Waals surface area (Å²) in [4.78, 5) is 1.27. The number of nitrogens with one attached hydrogen (secondary N) is 1. The highest BCUT2D eigenvalue weighted by Crippen LogP contribution is 2.33. The van der Waals surface area contributed by atoms with Gasteiger partial charge in [0.15, 0.2) is 0 Å². The highest BCUT2D eigenvalue weighted by molar-refractivity contribution is 9.10. The van der Waals surface area contributed by atoms with Crippen LogP contribution in [0, 0.1) is 0 Å². The molecule has 1 heterocycles. The van der Waals surface area contributed by atoms with Gasteiger partial charge in [-0.2, -0.15) is 0 Å². The van der Waals surface area contributed by atoms with Gasteiger partial charge in [0.1, 0.15) is 0 Å². The fourth-order valence-electron chi connectivity index (χ4n) is 1.36. The molecular formula is C12H12BrNS2. The first-order valence-corrected chi connectivity index (χ1v) is 7.43. The molecule has 84 valence electrons. The van der Waals surface area contributed by atoms with Gasteiger partial charge in [-0.25, -0.2) is 0 Å². The number of halogens is 1. The summed E-state index contributed by atoms with van der Waals surface area (Å²) < 4.78 is 2.50. The molecule has 1 aromatic heterocycles. The van der Waals surface area contributed by atoms with Crippen molar-refractivity contribution in [3.05, 3.63) is 45.7 Å². The van der Waals surface area contributed by atoms with E-state index < -0.39 is 0 Å². The monoisotopic (exact) mass is 313 g/mol. The van der Waals surface area contributed by atoms with Crippen LogP contribution < -0.4 is 5.32 Å². The van der Waals surface area contributed by atoms with Crippen LogP contribution in [-0.2, 0) is 6.54 Å². The van der Waals surface area contributed by atoms with Gasteiger partial charge in [0, 0.05) is 15.9 Å². The Hall–Kier alpha value is -0.290. The maximum Gasteiger partial charge on any atom is 0.0646 e. The smallest absolute Gasteiger partial charge is 0.0646 e. The molecule has 0 spiro atoms. The first-order chi connectivity index (χ1) is 7.79. The van der Waals surface area contributed by atoms with E-state index in [0.29, 0.717) is 0 Å². The molecule has 0 aliphatic rings. The Bertz CT molecular complexity index is 454. The summed E-state index contributed by atoms with van der Waals surface area (Å²) in [6.45, 7) is 0.893. The van der Waals surface area contributed by atoms with Gasteiger partial charge in [0.05, 0.1) is 4.21 Å². The maximum absolute atomic E-state index is 3.60. The molecule has 1 N–H and O–H groups in total. The summed E-state index contributed by atoms with van der Waals surface area (Å²) in [6, 6.07) is 10.7. The zero-order valence-electron chi connectivity index (χ0n) is 8.87. The van der Waals surface area contributed by atoms with Crippen molar-refractivity contribution in [1.82, 2.24) is 5.32 Å². The van der Waals surface area contributed by atoms with E-state index in [1.165, 1.54) is 19.1 Å². The molecule has 0 saturated carbocycles. The van der Waals surface area contributed by atoms with Gasteiger partial charge >= 0.3 is 0 Å². The minimum atomic E-state index is 0.893. The van der Waals surface area contributed by atoms with E-state index in [9.17, 15) is 0 Å². The average Bonchev–Trinajstić information content (AvgIpc) is 2.75. The van der Waals surface area contributed by atoms with Gasteiger partial charge in [-0.05, 0) is 36.2 Å². The minimum absolute atomic E-state index is 0.893. The van der Waals surface area contributed by atoms with Gasteiger partial charge in [-0.1, -0.05) is 39.8 Å². The molecule has 0 amide bonds. The molecule has 0 atom stereocenters. The molecule has 1 nitrogen and oxygen atoms in total. The Labute approximate surface area is 112 Å². The van der Waals surface area contributed by atoms with E-state index >= 15 is 0 Å². The van der Waals surface area contributed by atoms with Crippen molar-refractivity contribution in [2.75, 3.05) is 7.05 Å². The number of hydrogen-bond donors (Lipinski definition) is 1. The average molecular weight is 314 g/mol. The molecule has 0 fully saturated rings. The Balaban J connectivity index is 2.15. The Morgan fingerprint density at radius 3 is 2.88 bits per heavy atom. The second kappa shape index (κ2) is 5.87. The Kier molecular flexibility index (Phi) is 4.46. The summed E-state index contributed by atoms with van der Waals surface area (Å²) in [5, 5.41) is 5.26. The van der Waals surface area contributed by atoms with Crippen LogP contribution in [0.4, 0.5) is 0 Å². The Morgan fingerprint density at radius 1 is 1.38 bits per heavy atom. The molecule has 0 aliphatic carbocycles. The minimum Gasteiger partial charge on any atom is -0.316 e. The lowest BCUT2D eigenvalue weighted by Crippen LogP contribution is -2.05. The maximum atomic E-state index is 3.60. The molecule has 0 aliphatic heterocycles. The van der Waals surface area contributed by atoms with E-state index in [2.05, 4.69) is 57.0 Å². The van der Waals surface area contributed by atoms with Crippen LogP contribution in [0.3, 0.4) is 0 Å². The molecule has 16 heavy (non-hydrogen) atoms. The lowest BCUT2D eigenvalue weighted by atomic mass is 10.2. The van der Waals surface area contributed by atoms with E-state index in [0.717, 1.165) is 6.54 Å². The third kappa shape index (κ3) is 3.10. The number of rotatable bonds is 4. The van der Waals surface area contributed by atoms with Crippen LogP contribution >= 0.6 is 39.0 Å². The van der Waals surface area contributed by atoms with Crippen LogP contribution in [0.1, 0.15) is 5.56 Å². The highest BCUT2D eigenvalue weighted by Gasteiger charge is 2.02. The first kappa shape index (κ1) is 12.2. The van der Waals surface area contributed by atoms with Crippen LogP contribution in [0.25, 0.3) is 0 Å². The van der Waals surface area contributed by atoms with Crippen LogP contribution in [0.2, 0.25) is 0 Å². The molecule has 2 aromatic rings. The zero-order valence-corrected chi connectivity index (χ0v) is 12.1. The van der Waals surface area contributed by atoms with Gasteiger partial charge in [-0.15, -0.1) is 11.3 Å². The standard InChI is InChI=1S/C12H12BrNS2/c1-14-8-9-4-5-10(7-11(9)13)16-12-3-2-6-15-12/h2-7,14H,8H2,1H3. The predicted octanol–water partition coefficient (Wildman–Crippen LogP) is 4.38. The Morgan fingerprint density at radius 2 is 2.25 bits per heavy atom. The van der Waals surface area contributed by atoms with E-state index in [1.54, 1.807) is 23.1 Å². The van der Waals surface area contributed by atoms with Crippen LogP contribution in [-0.4, -0.2) is 7.05 Å². The van der Waals surface area contributed by atoms with Crippen molar-refractivity contribution >= 4 is 39.0 Å². The van der Waals surface area contributed by atoms with Crippen molar-refractivity contribution in [3.63, 3.8) is 0 Å². The van der Waals surface area contributed by atoms with Gasteiger partial charge in [0.2, 0.25) is 0 Å². The van der Waals surface area contributed by atoms with Crippen LogP contribution in [0.15, 0.2) is 49.3 Å². The molecule has 0 bridgehead atoms. The van der Waals surface area contributed by atoms with E-state index in [4.69, 9.17) is 0 Å². The molecule has 4 heteroatoms. The lowest BCUT2D eigenvalue weighted by molar-refractivity contribution is 0.813. The van der Waals surface area contributed by atoms with E-state index in [-0.39, 0.29) is 0 Å². The molecule has 0 radical (unpaired) electrons. The molecular weight excluding hydrogens is 302 g/mol. The lowest BCUT2D eigenvalue weighted by Gasteiger charge is -2.05. The molecule has 0 unspecified atom stereocenters. The van der Waals surface area contributed by atoms with Crippen LogP contribution in [0.5, 0.6) is 0 Å².